The Balaban J connectivity index is 3.26. The highest BCUT2D eigenvalue weighted by atomic mass is 79.9. The van der Waals surface area contributed by atoms with Gasteiger partial charge in [0.15, 0.2) is 0 Å². The number of nitrogens with zero attached hydrogens (tertiary/aromatic N) is 1. The molecule has 0 aliphatic carbocycles. The number of methoxy groups -OCH3 is 1. The number of carbonyl (C=O) groups is 2. The predicted octanol–water partition coefficient (Wildman–Crippen LogP) is 4.54. The SMILES string of the molecule is CCCOC(=O)[C@](C)(Cc1ccc(Br)cc1)N(COC)C(=O)OC(C)(C)C. The minimum absolute atomic E-state index is 0.0941. The van der Waals surface area contributed by atoms with Gasteiger partial charge in [-0.2, -0.15) is 0 Å². The van der Waals surface area contributed by atoms with Crippen molar-refractivity contribution in [3.8, 4) is 0 Å². The molecule has 0 saturated carbocycles. The van der Waals surface area contributed by atoms with Crippen LogP contribution in [0.1, 0.15) is 46.6 Å². The van der Waals surface area contributed by atoms with E-state index >= 15 is 0 Å². The zero-order valence-electron chi connectivity index (χ0n) is 17.0. The van der Waals surface area contributed by atoms with Gasteiger partial charge < -0.3 is 14.2 Å². The second-order valence-electron chi connectivity index (χ2n) is 7.54. The molecule has 7 heteroatoms. The number of amides is 1. The third-order valence-corrected chi connectivity index (χ3v) is 4.34. The van der Waals surface area contributed by atoms with Crippen molar-refractivity contribution in [1.82, 2.24) is 4.90 Å². The molecule has 0 bridgehead atoms. The number of halogens is 1. The molecule has 0 heterocycles. The smallest absolute Gasteiger partial charge is 0.413 e. The maximum absolute atomic E-state index is 12.9. The normalized spacial score (nSPS) is 13.6. The van der Waals surface area contributed by atoms with Crippen LogP contribution in [0.25, 0.3) is 0 Å². The summed E-state index contributed by atoms with van der Waals surface area (Å²) in [6.45, 7) is 9.11. The summed E-state index contributed by atoms with van der Waals surface area (Å²) < 4.78 is 17.0. The molecule has 0 spiro atoms. The van der Waals surface area contributed by atoms with Crippen LogP contribution in [0.15, 0.2) is 28.7 Å². The number of hydrogen-bond donors (Lipinski definition) is 0. The van der Waals surface area contributed by atoms with Crippen LogP contribution >= 0.6 is 15.9 Å². The summed E-state index contributed by atoms with van der Waals surface area (Å²) in [5, 5.41) is 0. The van der Waals surface area contributed by atoms with E-state index in [1.165, 1.54) is 12.0 Å². The van der Waals surface area contributed by atoms with Gasteiger partial charge in [0.25, 0.3) is 0 Å². The van der Waals surface area contributed by atoms with Gasteiger partial charge in [-0.3, -0.25) is 4.90 Å². The van der Waals surface area contributed by atoms with Crippen molar-refractivity contribution < 1.29 is 23.8 Å². The van der Waals surface area contributed by atoms with Gasteiger partial charge in [-0.25, -0.2) is 9.59 Å². The third-order valence-electron chi connectivity index (χ3n) is 3.81. The first-order valence-corrected chi connectivity index (χ1v) is 9.74. The van der Waals surface area contributed by atoms with Crippen LogP contribution in [0.5, 0.6) is 0 Å². The Morgan fingerprint density at radius 2 is 1.70 bits per heavy atom. The van der Waals surface area contributed by atoms with E-state index < -0.39 is 23.2 Å². The molecule has 1 aromatic carbocycles. The summed E-state index contributed by atoms with van der Waals surface area (Å²) in [7, 11) is 1.47. The van der Waals surface area contributed by atoms with Gasteiger partial charge in [0.05, 0.1) is 6.61 Å². The monoisotopic (exact) mass is 443 g/mol. The third kappa shape index (κ3) is 7.14. The number of esters is 1. The Labute approximate surface area is 170 Å². The lowest BCUT2D eigenvalue weighted by atomic mass is 9.91. The van der Waals surface area contributed by atoms with Crippen LogP contribution in [-0.4, -0.2) is 48.5 Å². The molecule has 152 valence electrons. The molecule has 27 heavy (non-hydrogen) atoms. The van der Waals surface area contributed by atoms with Crippen LogP contribution in [0.4, 0.5) is 4.79 Å². The first kappa shape index (κ1) is 23.4. The van der Waals surface area contributed by atoms with E-state index in [1.807, 2.05) is 31.2 Å². The molecule has 0 aliphatic heterocycles. The summed E-state index contributed by atoms with van der Waals surface area (Å²) >= 11 is 3.40. The molecule has 0 N–H and O–H groups in total. The van der Waals surface area contributed by atoms with Crippen LogP contribution in [0, 0.1) is 0 Å². The summed E-state index contributed by atoms with van der Waals surface area (Å²) in [5.74, 6) is -0.491. The zero-order chi connectivity index (χ0) is 20.7. The van der Waals surface area contributed by atoms with E-state index in [-0.39, 0.29) is 19.8 Å². The fourth-order valence-electron chi connectivity index (χ4n) is 2.47. The maximum Gasteiger partial charge on any atom is 0.413 e. The second kappa shape index (κ2) is 10.1. The summed E-state index contributed by atoms with van der Waals surface area (Å²) in [4.78, 5) is 27.1. The highest BCUT2D eigenvalue weighted by molar-refractivity contribution is 9.10. The lowest BCUT2D eigenvalue weighted by Crippen LogP contribution is -2.58. The first-order valence-electron chi connectivity index (χ1n) is 8.94. The van der Waals surface area contributed by atoms with Crippen molar-refractivity contribution in [3.05, 3.63) is 34.3 Å². The molecule has 0 radical (unpaired) electrons. The Morgan fingerprint density at radius 3 is 2.19 bits per heavy atom. The average Bonchev–Trinajstić information content (AvgIpc) is 2.57. The van der Waals surface area contributed by atoms with Gasteiger partial charge in [-0.1, -0.05) is 35.0 Å². The lowest BCUT2D eigenvalue weighted by Gasteiger charge is -2.39. The molecule has 0 unspecified atom stereocenters. The summed E-state index contributed by atoms with van der Waals surface area (Å²) in [6, 6.07) is 7.58. The fourth-order valence-corrected chi connectivity index (χ4v) is 2.73. The lowest BCUT2D eigenvalue weighted by molar-refractivity contribution is -0.160. The number of ether oxygens (including phenoxy) is 3. The highest BCUT2D eigenvalue weighted by Gasteiger charge is 2.45. The number of benzene rings is 1. The van der Waals surface area contributed by atoms with Gasteiger partial charge >= 0.3 is 12.1 Å². The Kier molecular flexibility index (Phi) is 8.75. The first-order chi connectivity index (χ1) is 12.5. The average molecular weight is 444 g/mol. The van der Waals surface area contributed by atoms with Crippen molar-refractivity contribution in [2.45, 2.75) is 58.6 Å². The van der Waals surface area contributed by atoms with Gasteiger partial charge in [-0.15, -0.1) is 0 Å². The van der Waals surface area contributed by atoms with Crippen molar-refractivity contribution in [2.75, 3.05) is 20.4 Å². The van der Waals surface area contributed by atoms with E-state index in [1.54, 1.807) is 27.7 Å². The molecule has 0 fully saturated rings. The molecular weight excluding hydrogens is 414 g/mol. The molecule has 1 amide bonds. The Bertz CT molecular complexity index is 626. The second-order valence-corrected chi connectivity index (χ2v) is 8.45. The Morgan fingerprint density at radius 1 is 1.11 bits per heavy atom. The minimum atomic E-state index is -1.28. The molecule has 0 aromatic heterocycles. The van der Waals surface area contributed by atoms with Crippen molar-refractivity contribution in [2.24, 2.45) is 0 Å². The van der Waals surface area contributed by atoms with Crippen LogP contribution in [-0.2, 0) is 25.4 Å². The standard InChI is InChI=1S/C20H30BrNO5/c1-7-12-26-17(23)20(5,13-15-8-10-16(21)11-9-15)22(14-25-6)18(24)27-19(2,3)4/h8-11H,7,12-14H2,1-6H3/t20-/m0/s1. The topological polar surface area (TPSA) is 65.1 Å². The van der Waals surface area contributed by atoms with Gasteiger partial charge in [0.1, 0.15) is 17.9 Å². The zero-order valence-corrected chi connectivity index (χ0v) is 18.6. The number of hydrogen-bond acceptors (Lipinski definition) is 5. The van der Waals surface area contributed by atoms with Crippen molar-refractivity contribution >= 4 is 28.0 Å². The molecule has 0 saturated heterocycles. The van der Waals surface area contributed by atoms with E-state index in [0.29, 0.717) is 6.42 Å². The van der Waals surface area contributed by atoms with Crippen LogP contribution in [0.3, 0.4) is 0 Å². The van der Waals surface area contributed by atoms with E-state index in [2.05, 4.69) is 15.9 Å². The summed E-state index contributed by atoms with van der Waals surface area (Å²) in [6.07, 6.45) is 0.333. The van der Waals surface area contributed by atoms with Gasteiger partial charge in [0, 0.05) is 18.0 Å². The number of carbonyl (C=O) groups excluding carboxylic acids is 2. The quantitative estimate of drug-likeness (QED) is 0.435. The van der Waals surface area contributed by atoms with Crippen LogP contribution in [0.2, 0.25) is 0 Å². The summed E-state index contributed by atoms with van der Waals surface area (Å²) in [5.41, 5.74) is -1.09. The molecule has 1 rings (SSSR count). The maximum atomic E-state index is 12.9. The Hall–Kier alpha value is -1.60. The van der Waals surface area contributed by atoms with E-state index in [9.17, 15) is 9.59 Å². The van der Waals surface area contributed by atoms with Gasteiger partial charge in [0.2, 0.25) is 0 Å². The molecule has 0 aliphatic rings. The molecular formula is C20H30BrNO5. The van der Waals surface area contributed by atoms with E-state index in [0.717, 1.165) is 10.0 Å². The van der Waals surface area contributed by atoms with Crippen molar-refractivity contribution in [3.63, 3.8) is 0 Å². The van der Waals surface area contributed by atoms with E-state index in [4.69, 9.17) is 14.2 Å². The molecule has 1 aromatic rings. The fraction of sp³-hybridized carbons (Fsp3) is 0.600. The van der Waals surface area contributed by atoms with Crippen LogP contribution < -0.4 is 0 Å². The molecule has 6 nitrogen and oxygen atoms in total. The minimum Gasteiger partial charge on any atom is -0.464 e. The highest BCUT2D eigenvalue weighted by Crippen LogP contribution is 2.26. The largest absolute Gasteiger partial charge is 0.464 e. The van der Waals surface area contributed by atoms with Crippen molar-refractivity contribution in [1.29, 1.82) is 0 Å². The van der Waals surface area contributed by atoms with Gasteiger partial charge in [-0.05, 0) is 51.8 Å². The number of rotatable bonds is 8. The predicted molar refractivity (Wildman–Crippen MR) is 107 cm³/mol. The molecule has 1 atom stereocenters.